The van der Waals surface area contributed by atoms with Crippen LogP contribution in [0.15, 0.2) is 217 Å². The molecule has 3 nitrogen and oxygen atoms in total. The maximum Gasteiger partial charge on any atom is 0.151 e. The van der Waals surface area contributed by atoms with Crippen LogP contribution in [0.2, 0.25) is 0 Å². The first kappa shape index (κ1) is 33.3. The van der Waals surface area contributed by atoms with Crippen molar-refractivity contribution >= 4 is 38.8 Å². The molecule has 0 bridgehead atoms. The van der Waals surface area contributed by atoms with Gasteiger partial charge in [0.15, 0.2) is 5.84 Å². The molecule has 9 aromatic rings. The van der Waals surface area contributed by atoms with E-state index < -0.39 is 5.41 Å². The summed E-state index contributed by atoms with van der Waals surface area (Å²) in [5.41, 5.74) is 19.1. The van der Waals surface area contributed by atoms with Crippen molar-refractivity contribution in [1.29, 1.82) is 0 Å². The molecule has 1 aliphatic rings. The van der Waals surface area contributed by atoms with Crippen LogP contribution in [0.25, 0.3) is 32.7 Å². The molecule has 0 aromatic heterocycles. The quantitative estimate of drug-likeness (QED) is 0.0772. The highest BCUT2D eigenvalue weighted by atomic mass is 15.5. The number of benzene rings is 9. The van der Waals surface area contributed by atoms with Crippen molar-refractivity contribution < 1.29 is 0 Å². The standard InChI is InChI=1S/C53H39N3/c54-52(37-19-5-1-6-20-37)55-56(43-26-11-4-12-27-43)51-47-31-17-15-29-45(47)44-28-14-16-30-46(44)50(51)40-34-33-39-35-38-21-13-18-32-48(38)53(49(39)36-40,41-22-7-2-8-23-41)42-24-9-3-10-25-42/h1-34,36H,35H2,(H2,54,55). The van der Waals surface area contributed by atoms with Gasteiger partial charge in [-0.1, -0.05) is 194 Å². The Bertz CT molecular complexity index is 2840. The minimum Gasteiger partial charge on any atom is -0.382 e. The van der Waals surface area contributed by atoms with Gasteiger partial charge in [-0.3, -0.25) is 0 Å². The van der Waals surface area contributed by atoms with Crippen LogP contribution in [-0.4, -0.2) is 5.84 Å². The normalized spacial score (nSPS) is 13.2. The molecule has 0 aliphatic heterocycles. The Morgan fingerprint density at radius 2 is 0.964 bits per heavy atom. The third kappa shape index (κ3) is 5.39. The first-order valence-electron chi connectivity index (χ1n) is 19.2. The van der Waals surface area contributed by atoms with Gasteiger partial charge in [0.2, 0.25) is 0 Å². The Morgan fingerprint density at radius 3 is 1.62 bits per heavy atom. The SMILES string of the molecule is NC(=NN(c1ccccc1)c1c(-c2ccc3c(c2)C(c2ccccc2)(c2ccccc2)c2ccccc2C3)c2ccccc2c2ccccc12)c1ccccc1. The number of rotatable bonds is 7. The van der Waals surface area contributed by atoms with Gasteiger partial charge >= 0.3 is 0 Å². The third-order valence-electron chi connectivity index (χ3n) is 11.4. The summed E-state index contributed by atoms with van der Waals surface area (Å²) >= 11 is 0. The average molecular weight is 718 g/mol. The van der Waals surface area contributed by atoms with Gasteiger partial charge in [-0.25, -0.2) is 5.01 Å². The second-order valence-corrected chi connectivity index (χ2v) is 14.5. The molecule has 0 atom stereocenters. The lowest BCUT2D eigenvalue weighted by atomic mass is 9.59. The summed E-state index contributed by atoms with van der Waals surface area (Å²) in [6.45, 7) is 0. The van der Waals surface area contributed by atoms with Crippen molar-refractivity contribution in [3.05, 3.63) is 251 Å². The zero-order chi connectivity index (χ0) is 37.5. The fourth-order valence-electron chi connectivity index (χ4n) is 9.01. The van der Waals surface area contributed by atoms with Crippen molar-refractivity contribution in [3.8, 4) is 11.1 Å². The summed E-state index contributed by atoms with van der Waals surface area (Å²) in [6, 6.07) is 76.1. The number of hydrogen-bond acceptors (Lipinski definition) is 2. The smallest absolute Gasteiger partial charge is 0.151 e. The van der Waals surface area contributed by atoms with Crippen molar-refractivity contribution in [2.45, 2.75) is 11.8 Å². The van der Waals surface area contributed by atoms with Crippen LogP contribution in [0.3, 0.4) is 0 Å². The van der Waals surface area contributed by atoms with Gasteiger partial charge in [0, 0.05) is 16.5 Å². The predicted octanol–water partition coefficient (Wildman–Crippen LogP) is 12.4. The Balaban J connectivity index is 1.33. The number of hydrogen-bond donors (Lipinski definition) is 1. The van der Waals surface area contributed by atoms with E-state index in [-0.39, 0.29) is 0 Å². The second-order valence-electron chi connectivity index (χ2n) is 14.5. The summed E-state index contributed by atoms with van der Waals surface area (Å²) in [5, 5.41) is 11.9. The molecule has 0 saturated heterocycles. The monoisotopic (exact) mass is 717 g/mol. The van der Waals surface area contributed by atoms with Crippen LogP contribution in [-0.2, 0) is 11.8 Å². The molecule has 3 heteroatoms. The molecule has 9 aromatic carbocycles. The lowest BCUT2D eigenvalue weighted by Crippen LogP contribution is -2.36. The Morgan fingerprint density at radius 1 is 0.464 bits per heavy atom. The van der Waals surface area contributed by atoms with Crippen molar-refractivity contribution in [2.24, 2.45) is 10.8 Å². The maximum absolute atomic E-state index is 6.93. The molecule has 0 unspecified atom stereocenters. The number of fused-ring (bicyclic) bond motifs is 5. The Kier molecular flexibility index (Phi) is 8.26. The average Bonchev–Trinajstić information content (AvgIpc) is 3.28. The summed E-state index contributed by atoms with van der Waals surface area (Å²) < 4.78 is 0. The van der Waals surface area contributed by atoms with E-state index in [9.17, 15) is 0 Å². The lowest BCUT2D eigenvalue weighted by Gasteiger charge is -2.42. The van der Waals surface area contributed by atoms with E-state index in [0.29, 0.717) is 5.84 Å². The first-order chi connectivity index (χ1) is 27.7. The van der Waals surface area contributed by atoms with Gasteiger partial charge in [-0.15, -0.1) is 5.10 Å². The minimum absolute atomic E-state index is 0.437. The Hall–Kier alpha value is -7.23. The van der Waals surface area contributed by atoms with Gasteiger partial charge in [0.25, 0.3) is 0 Å². The molecule has 266 valence electrons. The van der Waals surface area contributed by atoms with Gasteiger partial charge in [0.05, 0.1) is 16.8 Å². The first-order valence-corrected chi connectivity index (χ1v) is 19.2. The van der Waals surface area contributed by atoms with Crippen LogP contribution in [0, 0.1) is 0 Å². The van der Waals surface area contributed by atoms with Crippen molar-refractivity contribution in [1.82, 2.24) is 0 Å². The van der Waals surface area contributed by atoms with E-state index in [1.54, 1.807) is 0 Å². The van der Waals surface area contributed by atoms with Crippen molar-refractivity contribution in [2.75, 3.05) is 5.01 Å². The number of amidine groups is 1. The summed E-state index contributed by atoms with van der Waals surface area (Å²) in [7, 11) is 0. The fraction of sp³-hybridized carbons (Fsp3) is 0.0377. The van der Waals surface area contributed by atoms with E-state index in [1.807, 2.05) is 36.4 Å². The number of nitrogens with zero attached hydrogens (tertiary/aromatic N) is 2. The highest BCUT2D eigenvalue weighted by molar-refractivity contribution is 6.22. The number of para-hydroxylation sites is 1. The highest BCUT2D eigenvalue weighted by Crippen LogP contribution is 2.53. The van der Waals surface area contributed by atoms with Crippen LogP contribution in [0.4, 0.5) is 11.4 Å². The molecule has 2 N–H and O–H groups in total. The highest BCUT2D eigenvalue weighted by Gasteiger charge is 2.44. The minimum atomic E-state index is -0.551. The zero-order valence-corrected chi connectivity index (χ0v) is 30.9. The number of nitrogens with two attached hydrogens (primary N) is 1. The molecule has 0 saturated carbocycles. The third-order valence-corrected chi connectivity index (χ3v) is 11.4. The molecule has 10 rings (SSSR count). The zero-order valence-electron chi connectivity index (χ0n) is 30.9. The second kappa shape index (κ2) is 13.9. The lowest BCUT2D eigenvalue weighted by molar-refractivity contribution is 0.703. The molecule has 0 fully saturated rings. The largest absolute Gasteiger partial charge is 0.382 e. The predicted molar refractivity (Wildman–Crippen MR) is 234 cm³/mol. The topological polar surface area (TPSA) is 41.6 Å². The molecule has 0 spiro atoms. The fourth-order valence-corrected chi connectivity index (χ4v) is 9.01. The van der Waals surface area contributed by atoms with Gasteiger partial charge in [-0.2, -0.15) is 0 Å². The number of hydrazone groups is 1. The molecule has 0 radical (unpaired) electrons. The van der Waals surface area contributed by atoms with Crippen LogP contribution in [0.1, 0.15) is 38.9 Å². The van der Waals surface area contributed by atoms with Gasteiger partial charge in [-0.05, 0) is 79.7 Å². The van der Waals surface area contributed by atoms with E-state index in [4.69, 9.17) is 10.8 Å². The van der Waals surface area contributed by atoms with Crippen molar-refractivity contribution in [3.63, 3.8) is 0 Å². The molecule has 0 heterocycles. The van der Waals surface area contributed by atoms with Crippen LogP contribution in [0.5, 0.6) is 0 Å². The number of anilines is 2. The van der Waals surface area contributed by atoms with E-state index in [0.717, 1.165) is 50.6 Å². The maximum atomic E-state index is 6.93. The van der Waals surface area contributed by atoms with E-state index >= 15 is 0 Å². The summed E-state index contributed by atoms with van der Waals surface area (Å²) in [5.74, 6) is 0.437. The van der Waals surface area contributed by atoms with E-state index in [2.05, 4.69) is 181 Å². The summed E-state index contributed by atoms with van der Waals surface area (Å²) in [4.78, 5) is 0. The molecule has 0 amide bonds. The summed E-state index contributed by atoms with van der Waals surface area (Å²) in [6.07, 6.45) is 0.854. The van der Waals surface area contributed by atoms with Crippen LogP contribution >= 0.6 is 0 Å². The molecule has 1 aliphatic carbocycles. The Labute approximate surface area is 327 Å². The van der Waals surface area contributed by atoms with Gasteiger partial charge in [0.1, 0.15) is 0 Å². The van der Waals surface area contributed by atoms with Gasteiger partial charge < -0.3 is 5.73 Å². The molecular formula is C53H39N3. The molecular weight excluding hydrogens is 679 g/mol. The van der Waals surface area contributed by atoms with Crippen LogP contribution < -0.4 is 10.7 Å². The van der Waals surface area contributed by atoms with E-state index in [1.165, 1.54) is 38.8 Å². The molecule has 56 heavy (non-hydrogen) atoms.